The Morgan fingerprint density at radius 2 is 1.90 bits per heavy atom. The zero-order valence-corrected chi connectivity index (χ0v) is 12.9. The molecule has 5 heteroatoms. The number of nitrogen functional groups attached to an aromatic ring is 1. The quantitative estimate of drug-likeness (QED) is 0.879. The van der Waals surface area contributed by atoms with Gasteiger partial charge >= 0.3 is 5.97 Å². The standard InChI is InChI=1S/C15H18N2O2S/c1-5-19-14(18)13-12(17-15(16)20-13)11-9(3)6-8(2)7-10(11)4/h6-7H,5H2,1-4H3,(H2,16,17). The molecule has 1 heterocycles. The van der Waals surface area contributed by atoms with E-state index in [2.05, 4.69) is 17.1 Å². The van der Waals surface area contributed by atoms with Gasteiger partial charge in [0, 0.05) is 5.56 Å². The number of nitrogens with zero attached hydrogens (tertiary/aromatic N) is 1. The summed E-state index contributed by atoms with van der Waals surface area (Å²) in [7, 11) is 0. The first-order chi connectivity index (χ1) is 9.43. The molecule has 0 aliphatic rings. The maximum absolute atomic E-state index is 12.0. The smallest absolute Gasteiger partial charge is 0.350 e. The van der Waals surface area contributed by atoms with E-state index in [-0.39, 0.29) is 5.97 Å². The van der Waals surface area contributed by atoms with Crippen molar-refractivity contribution in [3.05, 3.63) is 33.7 Å². The molecule has 0 amide bonds. The highest BCUT2D eigenvalue weighted by molar-refractivity contribution is 7.17. The fourth-order valence-corrected chi connectivity index (χ4v) is 3.13. The number of carbonyl (C=O) groups excluding carboxylic acids is 1. The molecule has 0 spiro atoms. The number of carbonyl (C=O) groups is 1. The Kier molecular flexibility index (Phi) is 4.09. The van der Waals surface area contributed by atoms with Gasteiger partial charge in [0.15, 0.2) is 5.13 Å². The van der Waals surface area contributed by atoms with Gasteiger partial charge in [0.25, 0.3) is 0 Å². The van der Waals surface area contributed by atoms with Crippen molar-refractivity contribution >= 4 is 22.4 Å². The number of esters is 1. The van der Waals surface area contributed by atoms with Gasteiger partial charge in [-0.05, 0) is 38.8 Å². The Hall–Kier alpha value is -1.88. The highest BCUT2D eigenvalue weighted by Gasteiger charge is 2.22. The van der Waals surface area contributed by atoms with Gasteiger partial charge in [-0.2, -0.15) is 0 Å². The molecular formula is C15H18N2O2S. The zero-order chi connectivity index (χ0) is 14.9. The van der Waals surface area contributed by atoms with Crippen LogP contribution in [0.2, 0.25) is 0 Å². The maximum Gasteiger partial charge on any atom is 0.350 e. The molecule has 0 fully saturated rings. The van der Waals surface area contributed by atoms with E-state index in [1.165, 1.54) is 16.9 Å². The zero-order valence-electron chi connectivity index (χ0n) is 12.1. The number of hydrogen-bond acceptors (Lipinski definition) is 5. The molecule has 2 rings (SSSR count). The van der Waals surface area contributed by atoms with Gasteiger partial charge in [-0.25, -0.2) is 9.78 Å². The molecule has 1 aromatic carbocycles. The van der Waals surface area contributed by atoms with Crippen LogP contribution in [0.25, 0.3) is 11.3 Å². The van der Waals surface area contributed by atoms with Crippen molar-refractivity contribution in [1.82, 2.24) is 4.98 Å². The van der Waals surface area contributed by atoms with Crippen LogP contribution in [0.1, 0.15) is 33.3 Å². The fourth-order valence-electron chi connectivity index (χ4n) is 2.39. The minimum absolute atomic E-state index is 0.335. The molecule has 0 saturated heterocycles. The average molecular weight is 290 g/mol. The van der Waals surface area contributed by atoms with E-state index in [9.17, 15) is 4.79 Å². The van der Waals surface area contributed by atoms with Crippen LogP contribution < -0.4 is 5.73 Å². The van der Waals surface area contributed by atoms with Gasteiger partial charge in [0.05, 0.1) is 12.3 Å². The number of aromatic nitrogens is 1. The number of thiazole rings is 1. The van der Waals surface area contributed by atoms with Gasteiger partial charge < -0.3 is 10.5 Å². The number of aryl methyl sites for hydroxylation is 3. The van der Waals surface area contributed by atoms with Crippen LogP contribution in [0.5, 0.6) is 0 Å². The van der Waals surface area contributed by atoms with Gasteiger partial charge in [-0.3, -0.25) is 0 Å². The van der Waals surface area contributed by atoms with E-state index in [1.807, 2.05) is 20.8 Å². The van der Waals surface area contributed by atoms with E-state index in [1.54, 1.807) is 6.92 Å². The molecule has 0 aliphatic heterocycles. The van der Waals surface area contributed by atoms with Crippen molar-refractivity contribution in [1.29, 1.82) is 0 Å². The molecule has 0 atom stereocenters. The Morgan fingerprint density at radius 1 is 1.30 bits per heavy atom. The SMILES string of the molecule is CCOC(=O)c1sc(N)nc1-c1c(C)cc(C)cc1C. The molecule has 0 unspecified atom stereocenters. The number of nitrogens with two attached hydrogens (primary N) is 1. The van der Waals surface area contributed by atoms with Crippen LogP contribution in [-0.4, -0.2) is 17.6 Å². The Morgan fingerprint density at radius 3 is 2.45 bits per heavy atom. The predicted octanol–water partition coefficient (Wildman–Crippen LogP) is 3.49. The predicted molar refractivity (Wildman–Crippen MR) is 82.1 cm³/mol. The maximum atomic E-state index is 12.0. The molecule has 106 valence electrons. The lowest BCUT2D eigenvalue weighted by Crippen LogP contribution is -2.05. The second-order valence-electron chi connectivity index (χ2n) is 4.72. The van der Waals surface area contributed by atoms with Crippen molar-refractivity contribution in [3.8, 4) is 11.3 Å². The summed E-state index contributed by atoms with van der Waals surface area (Å²) in [5.41, 5.74) is 10.7. The molecule has 2 aromatic rings. The number of anilines is 1. The van der Waals surface area contributed by atoms with Crippen LogP contribution in [0.4, 0.5) is 5.13 Å². The summed E-state index contributed by atoms with van der Waals surface area (Å²) in [6.45, 7) is 8.19. The highest BCUT2D eigenvalue weighted by Crippen LogP contribution is 2.34. The van der Waals surface area contributed by atoms with E-state index < -0.39 is 0 Å². The first kappa shape index (κ1) is 14.5. The Balaban J connectivity index is 2.62. The van der Waals surface area contributed by atoms with Crippen LogP contribution in [0.15, 0.2) is 12.1 Å². The summed E-state index contributed by atoms with van der Waals surface area (Å²) in [6.07, 6.45) is 0. The summed E-state index contributed by atoms with van der Waals surface area (Å²) >= 11 is 1.17. The molecule has 2 N–H and O–H groups in total. The summed E-state index contributed by atoms with van der Waals surface area (Å²) in [5.74, 6) is -0.365. The first-order valence-electron chi connectivity index (χ1n) is 6.45. The first-order valence-corrected chi connectivity index (χ1v) is 7.27. The van der Waals surface area contributed by atoms with E-state index in [0.717, 1.165) is 16.7 Å². The third-order valence-electron chi connectivity index (χ3n) is 3.02. The largest absolute Gasteiger partial charge is 0.462 e. The number of benzene rings is 1. The lowest BCUT2D eigenvalue weighted by Gasteiger charge is -2.10. The molecule has 0 bridgehead atoms. The summed E-state index contributed by atoms with van der Waals surface area (Å²) in [6, 6.07) is 4.15. The Labute approximate surface area is 122 Å². The lowest BCUT2D eigenvalue weighted by molar-refractivity contribution is 0.0532. The Bertz CT molecular complexity index is 639. The topological polar surface area (TPSA) is 65.2 Å². The van der Waals surface area contributed by atoms with Crippen molar-refractivity contribution in [2.45, 2.75) is 27.7 Å². The minimum atomic E-state index is -0.365. The normalized spacial score (nSPS) is 10.6. The van der Waals surface area contributed by atoms with E-state index in [4.69, 9.17) is 10.5 Å². The number of rotatable bonds is 3. The molecular weight excluding hydrogens is 272 g/mol. The molecule has 0 radical (unpaired) electrons. The molecule has 1 aromatic heterocycles. The van der Waals surface area contributed by atoms with Gasteiger partial charge in [0.2, 0.25) is 0 Å². The lowest BCUT2D eigenvalue weighted by atomic mass is 9.97. The number of hydrogen-bond donors (Lipinski definition) is 1. The average Bonchev–Trinajstić information content (AvgIpc) is 2.70. The highest BCUT2D eigenvalue weighted by atomic mass is 32.1. The summed E-state index contributed by atoms with van der Waals surface area (Å²) in [4.78, 5) is 16.8. The van der Waals surface area contributed by atoms with Crippen molar-refractivity contribution in [2.75, 3.05) is 12.3 Å². The fraction of sp³-hybridized carbons (Fsp3) is 0.333. The van der Waals surface area contributed by atoms with Crippen LogP contribution in [-0.2, 0) is 4.74 Å². The molecule has 0 aliphatic carbocycles. The van der Waals surface area contributed by atoms with Gasteiger partial charge in [0.1, 0.15) is 4.88 Å². The second-order valence-corrected chi connectivity index (χ2v) is 5.75. The third-order valence-corrected chi connectivity index (χ3v) is 3.88. The summed E-state index contributed by atoms with van der Waals surface area (Å²) in [5, 5.41) is 0.377. The van der Waals surface area contributed by atoms with Crippen LogP contribution in [0.3, 0.4) is 0 Å². The molecule has 20 heavy (non-hydrogen) atoms. The second kappa shape index (κ2) is 5.63. The van der Waals surface area contributed by atoms with Crippen molar-refractivity contribution in [2.24, 2.45) is 0 Å². The monoisotopic (exact) mass is 290 g/mol. The van der Waals surface area contributed by atoms with E-state index in [0.29, 0.717) is 22.3 Å². The third kappa shape index (κ3) is 2.67. The summed E-state index contributed by atoms with van der Waals surface area (Å²) < 4.78 is 5.08. The molecule has 0 saturated carbocycles. The minimum Gasteiger partial charge on any atom is -0.462 e. The van der Waals surface area contributed by atoms with Gasteiger partial charge in [-0.1, -0.05) is 29.0 Å². The van der Waals surface area contributed by atoms with Crippen molar-refractivity contribution in [3.63, 3.8) is 0 Å². The van der Waals surface area contributed by atoms with E-state index >= 15 is 0 Å². The number of ether oxygens (including phenoxy) is 1. The van der Waals surface area contributed by atoms with Crippen LogP contribution in [0, 0.1) is 20.8 Å². The van der Waals surface area contributed by atoms with Crippen molar-refractivity contribution < 1.29 is 9.53 Å². The van der Waals surface area contributed by atoms with Crippen LogP contribution >= 0.6 is 11.3 Å². The molecule has 4 nitrogen and oxygen atoms in total. The van der Waals surface area contributed by atoms with Gasteiger partial charge in [-0.15, -0.1) is 0 Å².